The lowest BCUT2D eigenvalue weighted by atomic mass is 9.43. The van der Waals surface area contributed by atoms with Gasteiger partial charge in [-0.25, -0.2) is 0 Å². The number of carbonyl (C=O) groups excluding carboxylic acids is 1. The Balaban J connectivity index is 1.22. The van der Waals surface area contributed by atoms with Gasteiger partial charge in [0.25, 0.3) is 0 Å². The smallest absolute Gasteiger partial charge is 0.220 e. The summed E-state index contributed by atoms with van der Waals surface area (Å²) in [5, 5.41) is 28.5. The first-order chi connectivity index (χ1) is 18.6. The minimum absolute atomic E-state index is 0.0404. The highest BCUT2D eigenvalue weighted by Crippen LogP contribution is 2.68. The van der Waals surface area contributed by atoms with E-state index in [0.717, 1.165) is 58.0 Å². The molecule has 0 heterocycles. The first-order valence-corrected chi connectivity index (χ1v) is 16.0. The zero-order valence-corrected chi connectivity index (χ0v) is 24.8. The Hall–Kier alpha value is -1.38. The third kappa shape index (κ3) is 6.59. The molecule has 0 saturated heterocycles. The Morgan fingerprint density at radius 1 is 1.00 bits per heavy atom. The van der Waals surface area contributed by atoms with Gasteiger partial charge in [-0.15, -0.1) is 0 Å². The van der Waals surface area contributed by atoms with E-state index in [1.54, 1.807) is 0 Å². The van der Waals surface area contributed by atoms with Gasteiger partial charge in [0.2, 0.25) is 5.91 Å². The van der Waals surface area contributed by atoms with Crippen LogP contribution < -0.4 is 22.1 Å². The van der Waals surface area contributed by atoms with Crippen molar-refractivity contribution in [2.45, 2.75) is 110 Å². The normalized spacial score (nSPS) is 40.2. The van der Waals surface area contributed by atoms with Crippen molar-refractivity contribution in [3.63, 3.8) is 0 Å². The van der Waals surface area contributed by atoms with E-state index in [1.165, 1.54) is 25.7 Å². The van der Waals surface area contributed by atoms with Crippen LogP contribution >= 0.6 is 0 Å². The van der Waals surface area contributed by atoms with Crippen molar-refractivity contribution in [1.82, 2.24) is 10.6 Å². The summed E-state index contributed by atoms with van der Waals surface area (Å²) in [6.07, 6.45) is 11.7. The number of hydrogen-bond donors (Lipinski definition) is 6. The van der Waals surface area contributed by atoms with Gasteiger partial charge in [0.05, 0.1) is 12.2 Å². The Morgan fingerprint density at radius 3 is 2.54 bits per heavy atom. The number of aliphatic imine (C=N–C) groups is 1. The largest absolute Gasteiger partial charge is 0.393 e. The molecule has 0 bridgehead atoms. The van der Waals surface area contributed by atoms with Crippen molar-refractivity contribution in [3.05, 3.63) is 0 Å². The molecule has 4 fully saturated rings. The van der Waals surface area contributed by atoms with E-state index in [1.807, 2.05) is 0 Å². The minimum Gasteiger partial charge on any atom is -0.393 e. The molecule has 4 rings (SSSR count). The highest BCUT2D eigenvalue weighted by Gasteiger charge is 2.63. The Kier molecular flexibility index (Phi) is 10.2. The summed E-state index contributed by atoms with van der Waals surface area (Å²) in [7, 11) is 0. The zero-order chi connectivity index (χ0) is 28.2. The lowest BCUT2D eigenvalue weighted by Crippen LogP contribution is -2.58. The number of fused-ring (bicyclic) bond motifs is 5. The van der Waals surface area contributed by atoms with Crippen molar-refractivity contribution < 1.29 is 15.0 Å². The van der Waals surface area contributed by atoms with Crippen LogP contribution in [0.25, 0.3) is 0 Å². The van der Waals surface area contributed by atoms with Crippen LogP contribution in [0.2, 0.25) is 0 Å². The second-order valence-corrected chi connectivity index (χ2v) is 14.0. The SMILES string of the molecule is C[C@H](CCC(=O)NCCCNCCCN=C(N)N)[C@H]1CC[C@H]2[C@@H]3CC[C@@H]4C[C@H](O)CC[C@]4(C)[C@H]3C[C@H](O)[C@]12C. The number of nitrogens with one attached hydrogen (secondary N) is 2. The molecule has 1 amide bonds. The third-order valence-electron chi connectivity index (χ3n) is 12.0. The van der Waals surface area contributed by atoms with E-state index in [-0.39, 0.29) is 34.9 Å². The molecule has 4 aliphatic carbocycles. The first kappa shape index (κ1) is 30.6. The molecule has 0 spiro atoms. The molecule has 0 radical (unpaired) electrons. The van der Waals surface area contributed by atoms with Crippen molar-refractivity contribution >= 4 is 11.9 Å². The predicted octanol–water partition coefficient (Wildman–Crippen LogP) is 3.15. The summed E-state index contributed by atoms with van der Waals surface area (Å²) < 4.78 is 0. The molecule has 224 valence electrons. The number of carbonyl (C=O) groups is 1. The number of aliphatic hydroxyl groups is 2. The van der Waals surface area contributed by atoms with Gasteiger partial charge in [-0.05, 0) is 130 Å². The van der Waals surface area contributed by atoms with Crippen LogP contribution in [0.1, 0.15) is 97.8 Å². The summed E-state index contributed by atoms with van der Waals surface area (Å²) in [5.41, 5.74) is 10.9. The van der Waals surface area contributed by atoms with Gasteiger partial charge in [-0.2, -0.15) is 0 Å². The topological polar surface area (TPSA) is 146 Å². The van der Waals surface area contributed by atoms with Crippen molar-refractivity contribution in [3.8, 4) is 0 Å². The Morgan fingerprint density at radius 2 is 1.77 bits per heavy atom. The number of nitrogens with two attached hydrogens (primary N) is 2. The number of nitrogens with zero attached hydrogens (tertiary/aromatic N) is 1. The molecule has 8 heteroatoms. The van der Waals surface area contributed by atoms with Crippen LogP contribution in [-0.4, -0.2) is 60.5 Å². The van der Waals surface area contributed by atoms with Gasteiger partial charge in [-0.3, -0.25) is 9.79 Å². The Labute approximate surface area is 236 Å². The molecular weight excluding hydrogens is 490 g/mol. The van der Waals surface area contributed by atoms with E-state index >= 15 is 0 Å². The standard InChI is InChI=1S/C31H57N5O3/c1-20(6-11-28(39)35-16-4-14-34-15-5-17-36-29(32)33)24-9-10-25-23-8-7-21-18-22(37)12-13-30(21,2)26(23)19-27(38)31(24,25)3/h20-27,34,37-38H,4-19H2,1-3H3,(H,35,39)(H4,32,33,36)/t20-,21-,22-,23+,24-,25+,26+,27+,30+,31-/m1/s1. The van der Waals surface area contributed by atoms with Crippen molar-refractivity contribution in [2.24, 2.45) is 62.8 Å². The number of rotatable bonds is 12. The summed E-state index contributed by atoms with van der Waals surface area (Å²) in [5.74, 6) is 3.68. The second-order valence-electron chi connectivity index (χ2n) is 14.0. The Bertz CT molecular complexity index is 850. The molecule has 0 aromatic carbocycles. The van der Waals surface area contributed by atoms with Crippen LogP contribution in [0, 0.1) is 46.3 Å². The molecule has 4 saturated carbocycles. The molecule has 8 N–H and O–H groups in total. The molecule has 0 aliphatic heterocycles. The molecular formula is C31H57N5O3. The highest BCUT2D eigenvalue weighted by atomic mass is 16.3. The molecule has 39 heavy (non-hydrogen) atoms. The van der Waals surface area contributed by atoms with Crippen LogP contribution in [0.15, 0.2) is 4.99 Å². The number of aliphatic hydroxyl groups excluding tert-OH is 2. The lowest BCUT2D eigenvalue weighted by Gasteiger charge is -2.62. The summed E-state index contributed by atoms with van der Waals surface area (Å²) in [4.78, 5) is 16.5. The summed E-state index contributed by atoms with van der Waals surface area (Å²) in [6, 6.07) is 0. The zero-order valence-electron chi connectivity index (χ0n) is 24.8. The minimum atomic E-state index is -0.262. The maximum absolute atomic E-state index is 12.6. The average molecular weight is 548 g/mol. The maximum atomic E-state index is 12.6. The van der Waals surface area contributed by atoms with Crippen LogP contribution in [0.3, 0.4) is 0 Å². The van der Waals surface area contributed by atoms with Gasteiger partial charge < -0.3 is 32.3 Å². The van der Waals surface area contributed by atoms with Gasteiger partial charge in [0.15, 0.2) is 5.96 Å². The second kappa shape index (κ2) is 13.1. The van der Waals surface area contributed by atoms with E-state index in [0.29, 0.717) is 55.0 Å². The van der Waals surface area contributed by atoms with E-state index in [4.69, 9.17) is 11.5 Å². The molecule has 10 atom stereocenters. The van der Waals surface area contributed by atoms with Crippen LogP contribution in [0.4, 0.5) is 0 Å². The summed E-state index contributed by atoms with van der Waals surface area (Å²) >= 11 is 0. The fraction of sp³-hybridized carbons (Fsp3) is 0.935. The number of guanidine groups is 1. The fourth-order valence-corrected chi connectivity index (χ4v) is 9.79. The molecule has 4 aliphatic rings. The van der Waals surface area contributed by atoms with Gasteiger partial charge in [0, 0.05) is 19.5 Å². The van der Waals surface area contributed by atoms with Crippen molar-refractivity contribution in [2.75, 3.05) is 26.2 Å². The van der Waals surface area contributed by atoms with Gasteiger partial charge in [0.1, 0.15) is 0 Å². The number of hydrogen-bond acceptors (Lipinski definition) is 5. The summed E-state index contributed by atoms with van der Waals surface area (Å²) in [6.45, 7) is 10.2. The predicted molar refractivity (Wildman–Crippen MR) is 157 cm³/mol. The molecule has 0 aromatic rings. The number of amides is 1. The van der Waals surface area contributed by atoms with Gasteiger partial charge >= 0.3 is 0 Å². The van der Waals surface area contributed by atoms with E-state index in [2.05, 4.69) is 36.4 Å². The van der Waals surface area contributed by atoms with Crippen molar-refractivity contribution in [1.29, 1.82) is 0 Å². The maximum Gasteiger partial charge on any atom is 0.220 e. The fourth-order valence-electron chi connectivity index (χ4n) is 9.79. The van der Waals surface area contributed by atoms with Crippen LogP contribution in [0.5, 0.6) is 0 Å². The van der Waals surface area contributed by atoms with E-state index in [9.17, 15) is 15.0 Å². The van der Waals surface area contributed by atoms with E-state index < -0.39 is 0 Å². The monoisotopic (exact) mass is 547 g/mol. The lowest BCUT2D eigenvalue weighted by molar-refractivity contribution is -0.174. The first-order valence-electron chi connectivity index (χ1n) is 16.0. The quantitative estimate of drug-likeness (QED) is 0.126. The molecule has 0 aromatic heterocycles. The highest BCUT2D eigenvalue weighted by molar-refractivity contribution is 5.76. The average Bonchev–Trinajstić information content (AvgIpc) is 3.26. The molecule has 8 nitrogen and oxygen atoms in total. The van der Waals surface area contributed by atoms with Crippen LogP contribution in [-0.2, 0) is 4.79 Å². The third-order valence-corrected chi connectivity index (χ3v) is 12.0. The molecule has 0 unspecified atom stereocenters. The van der Waals surface area contributed by atoms with Gasteiger partial charge in [-0.1, -0.05) is 20.8 Å².